The van der Waals surface area contributed by atoms with Gasteiger partial charge in [-0.1, -0.05) is 49.7 Å². The number of carbonyl (C=O) groups is 1. The molecule has 0 unspecified atom stereocenters. The number of nitrogens with one attached hydrogen (secondary N) is 1. The van der Waals surface area contributed by atoms with E-state index in [0.717, 1.165) is 43.3 Å². The quantitative estimate of drug-likeness (QED) is 0.847. The Morgan fingerprint density at radius 3 is 2.79 bits per heavy atom. The molecule has 2 aliphatic heterocycles. The fourth-order valence-corrected chi connectivity index (χ4v) is 4.59. The molecular formula is C23H28ClN3O. The van der Waals surface area contributed by atoms with Crippen LogP contribution in [0.2, 0.25) is 5.02 Å². The monoisotopic (exact) mass is 397 g/mol. The molecule has 2 aromatic rings. The highest BCUT2D eigenvalue weighted by Crippen LogP contribution is 2.37. The zero-order chi connectivity index (χ0) is 19.7. The molecule has 5 heteroatoms. The van der Waals surface area contributed by atoms with E-state index in [1.54, 1.807) is 0 Å². The van der Waals surface area contributed by atoms with E-state index in [0.29, 0.717) is 5.92 Å². The number of hydrogen-bond acceptors (Lipinski definition) is 3. The lowest BCUT2D eigenvalue weighted by Crippen LogP contribution is -2.61. The zero-order valence-electron chi connectivity index (χ0n) is 16.6. The summed E-state index contributed by atoms with van der Waals surface area (Å²) in [5, 5.41) is 3.92. The summed E-state index contributed by atoms with van der Waals surface area (Å²) in [5.74, 6) is 0.576. The Bertz CT molecular complexity index is 853. The van der Waals surface area contributed by atoms with Gasteiger partial charge in [0.15, 0.2) is 0 Å². The Balaban J connectivity index is 1.62. The molecule has 0 aromatic heterocycles. The molecule has 1 fully saturated rings. The summed E-state index contributed by atoms with van der Waals surface area (Å²) < 4.78 is 0. The summed E-state index contributed by atoms with van der Waals surface area (Å²) in [6.07, 6.45) is 0.796. The number of rotatable bonds is 4. The Morgan fingerprint density at radius 1 is 1.18 bits per heavy atom. The molecule has 1 N–H and O–H groups in total. The van der Waals surface area contributed by atoms with E-state index in [9.17, 15) is 4.79 Å². The van der Waals surface area contributed by atoms with E-state index in [4.69, 9.17) is 11.6 Å². The lowest BCUT2D eigenvalue weighted by atomic mass is 9.83. The first-order valence-corrected chi connectivity index (χ1v) is 10.5. The minimum Gasteiger partial charge on any atom is -0.368 e. The van der Waals surface area contributed by atoms with E-state index in [1.165, 1.54) is 11.3 Å². The average Bonchev–Trinajstić information content (AvgIpc) is 2.71. The van der Waals surface area contributed by atoms with E-state index in [2.05, 4.69) is 59.3 Å². The van der Waals surface area contributed by atoms with Gasteiger partial charge in [-0.05, 0) is 42.2 Å². The summed E-state index contributed by atoms with van der Waals surface area (Å²) in [6, 6.07) is 16.7. The van der Waals surface area contributed by atoms with Crippen molar-refractivity contribution in [2.75, 3.05) is 36.0 Å². The maximum atomic E-state index is 13.1. The lowest BCUT2D eigenvalue weighted by molar-refractivity contribution is -0.126. The molecule has 2 aromatic carbocycles. The van der Waals surface area contributed by atoms with Gasteiger partial charge in [0.05, 0.1) is 12.0 Å². The number of piperazine rings is 1. The highest BCUT2D eigenvalue weighted by atomic mass is 35.5. The van der Waals surface area contributed by atoms with Crippen LogP contribution in [0.1, 0.15) is 19.4 Å². The molecule has 148 valence electrons. The van der Waals surface area contributed by atoms with Crippen molar-refractivity contribution in [1.29, 1.82) is 0 Å². The Hall–Kier alpha value is -2.20. The summed E-state index contributed by atoms with van der Waals surface area (Å²) in [6.45, 7) is 7.64. The number of benzene rings is 2. The Kier molecular flexibility index (Phi) is 5.49. The highest BCUT2D eigenvalue weighted by molar-refractivity contribution is 6.30. The summed E-state index contributed by atoms with van der Waals surface area (Å²) in [7, 11) is 0. The number of nitrogens with zero attached hydrogens (tertiary/aromatic N) is 2. The normalized spacial score (nSPS) is 21.3. The number of amides is 1. The molecule has 4 nitrogen and oxygen atoms in total. The van der Waals surface area contributed by atoms with Crippen LogP contribution in [-0.4, -0.2) is 38.1 Å². The molecule has 0 aliphatic carbocycles. The van der Waals surface area contributed by atoms with Crippen LogP contribution >= 0.6 is 11.6 Å². The zero-order valence-corrected chi connectivity index (χ0v) is 17.3. The van der Waals surface area contributed by atoms with Gasteiger partial charge in [0.2, 0.25) is 5.91 Å². The number of hydrogen-bond donors (Lipinski definition) is 1. The smallest absolute Gasteiger partial charge is 0.225 e. The second-order valence-corrected chi connectivity index (χ2v) is 8.70. The SMILES string of the molecule is CC(C)CNC(=O)[C@H]1Cc2ccccc2N2CCN(c3cccc(Cl)c3)C[C@H]12. The molecule has 2 heterocycles. The third-order valence-electron chi connectivity index (χ3n) is 5.82. The second-order valence-electron chi connectivity index (χ2n) is 8.26. The molecule has 0 saturated carbocycles. The van der Waals surface area contributed by atoms with Crippen LogP contribution in [0.4, 0.5) is 11.4 Å². The molecule has 2 aliphatic rings. The van der Waals surface area contributed by atoms with Crippen molar-refractivity contribution in [3.8, 4) is 0 Å². The molecule has 0 radical (unpaired) electrons. The molecule has 0 bridgehead atoms. The Morgan fingerprint density at radius 2 is 2.00 bits per heavy atom. The van der Waals surface area contributed by atoms with Gasteiger partial charge in [-0.15, -0.1) is 0 Å². The molecular weight excluding hydrogens is 370 g/mol. The van der Waals surface area contributed by atoms with Crippen molar-refractivity contribution in [2.24, 2.45) is 11.8 Å². The fourth-order valence-electron chi connectivity index (χ4n) is 4.40. The van der Waals surface area contributed by atoms with Gasteiger partial charge in [-0.3, -0.25) is 4.79 Å². The van der Waals surface area contributed by atoms with Crippen molar-refractivity contribution in [3.05, 3.63) is 59.1 Å². The van der Waals surface area contributed by atoms with Crippen LogP contribution in [0.15, 0.2) is 48.5 Å². The topological polar surface area (TPSA) is 35.6 Å². The predicted octanol–water partition coefficient (Wildman–Crippen LogP) is 3.98. The number of anilines is 2. The summed E-state index contributed by atoms with van der Waals surface area (Å²) in [4.78, 5) is 17.9. The van der Waals surface area contributed by atoms with Crippen molar-refractivity contribution < 1.29 is 4.79 Å². The van der Waals surface area contributed by atoms with Crippen LogP contribution in [0.5, 0.6) is 0 Å². The van der Waals surface area contributed by atoms with E-state index >= 15 is 0 Å². The highest BCUT2D eigenvalue weighted by Gasteiger charge is 2.41. The lowest BCUT2D eigenvalue weighted by Gasteiger charge is -2.49. The molecule has 0 spiro atoms. The van der Waals surface area contributed by atoms with Gasteiger partial charge >= 0.3 is 0 Å². The third-order valence-corrected chi connectivity index (χ3v) is 6.05. The van der Waals surface area contributed by atoms with Crippen molar-refractivity contribution in [3.63, 3.8) is 0 Å². The van der Waals surface area contributed by atoms with Crippen LogP contribution in [0.3, 0.4) is 0 Å². The van der Waals surface area contributed by atoms with Crippen LogP contribution < -0.4 is 15.1 Å². The molecule has 28 heavy (non-hydrogen) atoms. The van der Waals surface area contributed by atoms with E-state index in [1.807, 2.05) is 18.2 Å². The number of carbonyl (C=O) groups excluding carboxylic acids is 1. The average molecular weight is 398 g/mol. The van der Waals surface area contributed by atoms with Gasteiger partial charge in [-0.2, -0.15) is 0 Å². The third kappa shape index (κ3) is 3.83. The van der Waals surface area contributed by atoms with Crippen LogP contribution in [-0.2, 0) is 11.2 Å². The summed E-state index contributed by atoms with van der Waals surface area (Å²) in [5.41, 5.74) is 3.69. The Labute approximate surface area is 172 Å². The van der Waals surface area contributed by atoms with Gasteiger partial charge in [0.1, 0.15) is 0 Å². The first kappa shape index (κ1) is 19.1. The predicted molar refractivity (Wildman–Crippen MR) is 116 cm³/mol. The maximum absolute atomic E-state index is 13.1. The fraction of sp³-hybridized carbons (Fsp3) is 0.435. The van der Waals surface area contributed by atoms with Gasteiger partial charge in [0, 0.05) is 42.6 Å². The van der Waals surface area contributed by atoms with Crippen LogP contribution in [0.25, 0.3) is 0 Å². The van der Waals surface area contributed by atoms with E-state index in [-0.39, 0.29) is 17.9 Å². The number of para-hydroxylation sites is 1. The molecule has 4 rings (SSSR count). The molecule has 1 saturated heterocycles. The maximum Gasteiger partial charge on any atom is 0.225 e. The minimum absolute atomic E-state index is 0.0457. The largest absolute Gasteiger partial charge is 0.368 e. The molecule has 2 atom stereocenters. The second kappa shape index (κ2) is 8.04. The molecule has 1 amide bonds. The summed E-state index contributed by atoms with van der Waals surface area (Å²) >= 11 is 6.22. The van der Waals surface area contributed by atoms with Crippen LogP contribution in [0, 0.1) is 11.8 Å². The minimum atomic E-state index is -0.0457. The number of halogens is 1. The van der Waals surface area contributed by atoms with Crippen molar-refractivity contribution >= 4 is 28.9 Å². The van der Waals surface area contributed by atoms with Gasteiger partial charge in [-0.25, -0.2) is 0 Å². The standard InChI is InChI=1S/C23H28ClN3O/c1-16(2)14-25-23(28)20-12-17-6-3-4-9-21(17)27-11-10-26(15-22(20)27)19-8-5-7-18(24)13-19/h3-9,13,16,20,22H,10-12,14-15H2,1-2H3,(H,25,28)/t20-,22+/m0/s1. The van der Waals surface area contributed by atoms with Gasteiger partial charge in [0.25, 0.3) is 0 Å². The van der Waals surface area contributed by atoms with Gasteiger partial charge < -0.3 is 15.1 Å². The first-order chi connectivity index (χ1) is 13.5. The number of fused-ring (bicyclic) bond motifs is 3. The first-order valence-electron chi connectivity index (χ1n) is 10.2. The van der Waals surface area contributed by atoms with Crippen molar-refractivity contribution in [1.82, 2.24) is 5.32 Å². The van der Waals surface area contributed by atoms with E-state index < -0.39 is 0 Å². The van der Waals surface area contributed by atoms with Crippen molar-refractivity contribution in [2.45, 2.75) is 26.3 Å².